The summed E-state index contributed by atoms with van der Waals surface area (Å²) in [5, 5.41) is 10.1. The summed E-state index contributed by atoms with van der Waals surface area (Å²) in [5.41, 5.74) is 0.958. The van der Waals surface area contributed by atoms with Crippen LogP contribution in [0.1, 0.15) is 51.7 Å². The van der Waals surface area contributed by atoms with Crippen LogP contribution in [0.2, 0.25) is 0 Å². The van der Waals surface area contributed by atoms with Crippen LogP contribution in [0.25, 0.3) is 0 Å². The molecule has 17 heavy (non-hydrogen) atoms. The Morgan fingerprint density at radius 2 is 2.00 bits per heavy atom. The Morgan fingerprint density at radius 1 is 1.24 bits per heavy atom. The molecular weight excluding hydrogens is 212 g/mol. The first-order valence-electron chi connectivity index (χ1n) is 6.54. The first-order valence-corrected chi connectivity index (χ1v) is 6.54. The van der Waals surface area contributed by atoms with Crippen LogP contribution >= 0.6 is 0 Å². The van der Waals surface area contributed by atoms with E-state index in [0.29, 0.717) is 5.92 Å². The molecule has 0 saturated heterocycles. The highest BCUT2D eigenvalue weighted by atomic mass is 16.5. The lowest BCUT2D eigenvalue weighted by molar-refractivity contribution is 0.158. The maximum atomic E-state index is 10.1. The summed E-state index contributed by atoms with van der Waals surface area (Å²) in [4.78, 5) is 0. The average molecular weight is 236 g/mol. The molecule has 0 aliphatic carbocycles. The zero-order valence-electron chi connectivity index (χ0n) is 11.1. The highest BCUT2D eigenvalue weighted by Gasteiger charge is 2.09. The van der Waals surface area contributed by atoms with Gasteiger partial charge >= 0.3 is 0 Å². The van der Waals surface area contributed by atoms with Gasteiger partial charge in [-0.2, -0.15) is 0 Å². The lowest BCUT2D eigenvalue weighted by atomic mass is 10.00. The Hall–Kier alpha value is -1.02. The Morgan fingerprint density at radius 3 is 2.65 bits per heavy atom. The lowest BCUT2D eigenvalue weighted by Crippen LogP contribution is -2.01. The molecule has 1 N–H and O–H groups in total. The smallest absolute Gasteiger partial charge is 0.119 e. The summed E-state index contributed by atoms with van der Waals surface area (Å²) in [6.07, 6.45) is 2.48. The van der Waals surface area contributed by atoms with Crippen molar-refractivity contribution in [1.29, 1.82) is 0 Å². The van der Waals surface area contributed by atoms with E-state index in [1.165, 1.54) is 0 Å². The van der Waals surface area contributed by atoms with Gasteiger partial charge in [-0.05, 0) is 42.9 Å². The number of hydrogen-bond acceptors (Lipinski definition) is 2. The van der Waals surface area contributed by atoms with Gasteiger partial charge in [0.05, 0.1) is 12.7 Å². The van der Waals surface area contributed by atoms with Crippen LogP contribution in [0.15, 0.2) is 24.3 Å². The molecule has 0 radical (unpaired) electrons. The third kappa shape index (κ3) is 5.22. The van der Waals surface area contributed by atoms with Gasteiger partial charge in [-0.25, -0.2) is 0 Å². The fraction of sp³-hybridized carbons (Fsp3) is 0.600. The van der Waals surface area contributed by atoms with E-state index in [0.717, 1.165) is 37.2 Å². The van der Waals surface area contributed by atoms with Gasteiger partial charge in [-0.15, -0.1) is 0 Å². The number of aliphatic hydroxyl groups excluding tert-OH is 1. The monoisotopic (exact) mass is 236 g/mol. The first kappa shape index (κ1) is 14.0. The fourth-order valence-electron chi connectivity index (χ4n) is 1.69. The molecule has 2 heteroatoms. The van der Waals surface area contributed by atoms with E-state index in [9.17, 15) is 5.11 Å². The summed E-state index contributed by atoms with van der Waals surface area (Å²) in [6.45, 7) is 7.16. The second-order valence-corrected chi connectivity index (χ2v) is 4.91. The van der Waals surface area contributed by atoms with E-state index in [2.05, 4.69) is 20.8 Å². The van der Waals surface area contributed by atoms with Crippen molar-refractivity contribution in [1.82, 2.24) is 0 Å². The summed E-state index contributed by atoms with van der Waals surface area (Å²) in [6, 6.07) is 7.79. The van der Waals surface area contributed by atoms with Crippen molar-refractivity contribution in [2.45, 2.75) is 46.1 Å². The van der Waals surface area contributed by atoms with Gasteiger partial charge in [-0.1, -0.05) is 32.9 Å². The van der Waals surface area contributed by atoms with Gasteiger partial charge in [-0.3, -0.25) is 0 Å². The SMILES string of the molecule is CCCOc1cccc(C(O)CCC(C)C)c1. The van der Waals surface area contributed by atoms with Gasteiger partial charge < -0.3 is 9.84 Å². The van der Waals surface area contributed by atoms with E-state index in [4.69, 9.17) is 4.74 Å². The minimum absolute atomic E-state index is 0.373. The summed E-state index contributed by atoms with van der Waals surface area (Å²) in [7, 11) is 0. The molecule has 0 amide bonds. The number of aliphatic hydroxyl groups is 1. The molecular formula is C15H24O2. The van der Waals surface area contributed by atoms with Crippen molar-refractivity contribution < 1.29 is 9.84 Å². The van der Waals surface area contributed by atoms with E-state index in [1.807, 2.05) is 24.3 Å². The molecule has 1 unspecified atom stereocenters. The van der Waals surface area contributed by atoms with E-state index >= 15 is 0 Å². The Labute approximate surface area is 105 Å². The molecule has 2 nitrogen and oxygen atoms in total. The van der Waals surface area contributed by atoms with E-state index < -0.39 is 0 Å². The molecule has 0 fully saturated rings. The normalized spacial score (nSPS) is 12.8. The fourth-order valence-corrected chi connectivity index (χ4v) is 1.69. The molecule has 0 bridgehead atoms. The predicted octanol–water partition coefficient (Wildman–Crippen LogP) is 3.95. The van der Waals surface area contributed by atoms with Gasteiger partial charge in [0.1, 0.15) is 5.75 Å². The molecule has 1 aromatic rings. The largest absolute Gasteiger partial charge is 0.494 e. The third-order valence-corrected chi connectivity index (χ3v) is 2.73. The number of ether oxygens (including phenoxy) is 1. The third-order valence-electron chi connectivity index (χ3n) is 2.73. The van der Waals surface area contributed by atoms with Crippen LogP contribution in [0.5, 0.6) is 5.75 Å². The number of rotatable bonds is 7. The Bertz CT molecular complexity index is 320. The van der Waals surface area contributed by atoms with Crippen molar-refractivity contribution in [3.05, 3.63) is 29.8 Å². The number of benzene rings is 1. The van der Waals surface area contributed by atoms with Gasteiger partial charge in [0, 0.05) is 0 Å². The maximum Gasteiger partial charge on any atom is 0.119 e. The molecule has 1 rings (SSSR count). The van der Waals surface area contributed by atoms with Crippen LogP contribution < -0.4 is 4.74 Å². The topological polar surface area (TPSA) is 29.5 Å². The van der Waals surface area contributed by atoms with Gasteiger partial charge in [0.15, 0.2) is 0 Å². The molecule has 96 valence electrons. The van der Waals surface area contributed by atoms with Gasteiger partial charge in [0.2, 0.25) is 0 Å². The van der Waals surface area contributed by atoms with Crippen LogP contribution in [0.4, 0.5) is 0 Å². The maximum absolute atomic E-state index is 10.1. The van der Waals surface area contributed by atoms with Crippen LogP contribution in [0, 0.1) is 5.92 Å². The summed E-state index contributed by atoms with van der Waals surface area (Å²) in [5.74, 6) is 1.48. The quantitative estimate of drug-likeness (QED) is 0.777. The first-order chi connectivity index (χ1) is 8.13. The second-order valence-electron chi connectivity index (χ2n) is 4.91. The number of hydrogen-bond donors (Lipinski definition) is 1. The zero-order valence-corrected chi connectivity index (χ0v) is 11.1. The van der Waals surface area contributed by atoms with E-state index in [1.54, 1.807) is 0 Å². The summed E-state index contributed by atoms with van der Waals surface area (Å²) < 4.78 is 5.56. The Kier molecular flexibility index (Phi) is 6.06. The highest BCUT2D eigenvalue weighted by Crippen LogP contribution is 2.24. The molecule has 0 aliphatic rings. The molecule has 0 aromatic heterocycles. The minimum atomic E-state index is -0.373. The van der Waals surface area contributed by atoms with Crippen LogP contribution in [0.3, 0.4) is 0 Å². The average Bonchev–Trinajstić information content (AvgIpc) is 2.33. The van der Waals surface area contributed by atoms with Crippen molar-refractivity contribution in [3.8, 4) is 5.75 Å². The highest BCUT2D eigenvalue weighted by molar-refractivity contribution is 5.29. The molecule has 0 heterocycles. The van der Waals surface area contributed by atoms with Crippen molar-refractivity contribution in [2.75, 3.05) is 6.61 Å². The van der Waals surface area contributed by atoms with Gasteiger partial charge in [0.25, 0.3) is 0 Å². The lowest BCUT2D eigenvalue weighted by Gasteiger charge is -2.14. The zero-order chi connectivity index (χ0) is 12.7. The van der Waals surface area contributed by atoms with Crippen molar-refractivity contribution >= 4 is 0 Å². The minimum Gasteiger partial charge on any atom is -0.494 e. The molecule has 0 aliphatic heterocycles. The Balaban J connectivity index is 2.57. The summed E-state index contributed by atoms with van der Waals surface area (Å²) >= 11 is 0. The van der Waals surface area contributed by atoms with Crippen LogP contribution in [-0.4, -0.2) is 11.7 Å². The van der Waals surface area contributed by atoms with E-state index in [-0.39, 0.29) is 6.10 Å². The standard InChI is InChI=1S/C15H24O2/c1-4-10-17-14-7-5-6-13(11-14)15(16)9-8-12(2)3/h5-7,11-12,15-16H,4,8-10H2,1-3H3. The second kappa shape index (κ2) is 7.33. The van der Waals surface area contributed by atoms with Crippen molar-refractivity contribution in [3.63, 3.8) is 0 Å². The predicted molar refractivity (Wildman–Crippen MR) is 71.3 cm³/mol. The molecule has 0 saturated carbocycles. The molecule has 1 atom stereocenters. The molecule has 0 spiro atoms. The molecule has 1 aromatic carbocycles. The van der Waals surface area contributed by atoms with Crippen molar-refractivity contribution in [2.24, 2.45) is 5.92 Å². The van der Waals surface area contributed by atoms with Crippen LogP contribution in [-0.2, 0) is 0 Å².